The molecule has 0 bridgehead atoms. The lowest BCUT2D eigenvalue weighted by Gasteiger charge is -2.05. The van der Waals surface area contributed by atoms with Crippen LogP contribution in [0.2, 0.25) is 5.02 Å². The molecule has 6 heteroatoms. The molecule has 2 heterocycles. The molecule has 122 valence electrons. The molecule has 0 saturated heterocycles. The van der Waals surface area contributed by atoms with E-state index in [-0.39, 0.29) is 5.91 Å². The van der Waals surface area contributed by atoms with Crippen LogP contribution in [0.3, 0.4) is 0 Å². The van der Waals surface area contributed by atoms with Crippen LogP contribution >= 0.6 is 22.9 Å². The van der Waals surface area contributed by atoms with Crippen molar-refractivity contribution in [3.63, 3.8) is 0 Å². The highest BCUT2D eigenvalue weighted by Crippen LogP contribution is 2.29. The summed E-state index contributed by atoms with van der Waals surface area (Å²) in [7, 11) is 0. The van der Waals surface area contributed by atoms with Gasteiger partial charge in [0.25, 0.3) is 5.91 Å². The molecule has 0 spiro atoms. The molecule has 0 aliphatic carbocycles. The van der Waals surface area contributed by atoms with E-state index in [1.165, 1.54) is 0 Å². The number of hydrogen-bond donors (Lipinski definition) is 1. The van der Waals surface area contributed by atoms with E-state index in [4.69, 9.17) is 11.6 Å². The van der Waals surface area contributed by atoms with Crippen molar-refractivity contribution >= 4 is 44.9 Å². The number of halogens is 1. The van der Waals surface area contributed by atoms with Gasteiger partial charge < -0.3 is 5.32 Å². The number of anilines is 1. The van der Waals surface area contributed by atoms with E-state index < -0.39 is 0 Å². The molecule has 25 heavy (non-hydrogen) atoms. The van der Waals surface area contributed by atoms with Crippen LogP contribution < -0.4 is 5.32 Å². The third-order valence-corrected chi connectivity index (χ3v) is 4.95. The van der Waals surface area contributed by atoms with Crippen LogP contribution in [0.5, 0.6) is 0 Å². The molecule has 0 fully saturated rings. The quantitative estimate of drug-likeness (QED) is 0.538. The predicted octanol–water partition coefficient (Wildman–Crippen LogP) is 5.26. The van der Waals surface area contributed by atoms with Crippen molar-refractivity contribution in [1.29, 1.82) is 0 Å². The maximum Gasteiger partial charge on any atom is 0.256 e. The summed E-state index contributed by atoms with van der Waals surface area (Å²) in [6.07, 6.45) is 1.71. The molecular weight excluding hydrogens is 354 g/mol. The fourth-order valence-corrected chi connectivity index (χ4v) is 3.55. The van der Waals surface area contributed by atoms with Gasteiger partial charge >= 0.3 is 0 Å². The highest BCUT2D eigenvalue weighted by Gasteiger charge is 2.09. The molecule has 0 saturated carbocycles. The lowest BCUT2D eigenvalue weighted by molar-refractivity contribution is 0.102. The molecule has 4 nitrogen and oxygen atoms in total. The smallest absolute Gasteiger partial charge is 0.256 e. The molecule has 1 amide bonds. The molecular formula is C19H12ClN3OS. The number of nitrogens with zero attached hydrogens (tertiary/aromatic N) is 2. The first-order valence-corrected chi connectivity index (χ1v) is 8.77. The number of amides is 1. The van der Waals surface area contributed by atoms with Gasteiger partial charge in [0.1, 0.15) is 10.8 Å². The topological polar surface area (TPSA) is 54.9 Å². The first-order chi connectivity index (χ1) is 12.2. The van der Waals surface area contributed by atoms with Crippen molar-refractivity contribution in [2.75, 3.05) is 5.32 Å². The Hall–Kier alpha value is -2.76. The van der Waals surface area contributed by atoms with Crippen molar-refractivity contribution in [1.82, 2.24) is 9.97 Å². The number of carbonyl (C=O) groups is 1. The number of hydrogen-bond acceptors (Lipinski definition) is 4. The summed E-state index contributed by atoms with van der Waals surface area (Å²) in [5.41, 5.74) is 2.38. The molecule has 0 atom stereocenters. The van der Waals surface area contributed by atoms with Crippen LogP contribution in [0.4, 0.5) is 5.82 Å². The summed E-state index contributed by atoms with van der Waals surface area (Å²) in [5.74, 6) is 0.234. The number of carbonyl (C=O) groups excluding carboxylic acids is 1. The summed E-state index contributed by atoms with van der Waals surface area (Å²) in [5, 5.41) is 4.19. The summed E-state index contributed by atoms with van der Waals surface area (Å²) in [4.78, 5) is 21.1. The van der Waals surface area contributed by atoms with Crippen molar-refractivity contribution in [3.8, 4) is 10.6 Å². The van der Waals surface area contributed by atoms with Gasteiger partial charge in [-0.15, -0.1) is 11.3 Å². The van der Waals surface area contributed by atoms with Crippen LogP contribution in [0, 0.1) is 0 Å². The monoisotopic (exact) mass is 365 g/mol. The molecule has 4 rings (SSSR count). The first kappa shape index (κ1) is 15.7. The molecule has 1 N–H and O–H groups in total. The normalized spacial score (nSPS) is 10.8. The zero-order valence-corrected chi connectivity index (χ0v) is 14.5. The van der Waals surface area contributed by atoms with Crippen LogP contribution in [0.15, 0.2) is 66.9 Å². The van der Waals surface area contributed by atoms with Crippen LogP contribution in [-0.2, 0) is 0 Å². The Morgan fingerprint density at radius 2 is 1.92 bits per heavy atom. The molecule has 0 radical (unpaired) electrons. The minimum absolute atomic E-state index is 0.247. The highest BCUT2D eigenvalue weighted by atomic mass is 35.5. The minimum atomic E-state index is -0.247. The zero-order valence-electron chi connectivity index (χ0n) is 12.9. The van der Waals surface area contributed by atoms with E-state index >= 15 is 0 Å². The van der Waals surface area contributed by atoms with Gasteiger partial charge in [-0.3, -0.25) is 4.79 Å². The molecule has 2 aromatic heterocycles. The van der Waals surface area contributed by atoms with Crippen molar-refractivity contribution in [2.45, 2.75) is 0 Å². The maximum absolute atomic E-state index is 12.2. The fourth-order valence-electron chi connectivity index (χ4n) is 2.41. The zero-order chi connectivity index (χ0) is 17.2. The number of rotatable bonds is 3. The highest BCUT2D eigenvalue weighted by molar-refractivity contribution is 7.21. The van der Waals surface area contributed by atoms with Gasteiger partial charge in [-0.1, -0.05) is 29.8 Å². The summed E-state index contributed by atoms with van der Waals surface area (Å²) >= 11 is 7.53. The number of pyridine rings is 1. The van der Waals surface area contributed by atoms with Crippen LogP contribution in [0.1, 0.15) is 10.4 Å². The second-order valence-electron chi connectivity index (χ2n) is 5.38. The molecule has 4 aromatic rings. The average molecular weight is 366 g/mol. The first-order valence-electron chi connectivity index (χ1n) is 7.58. The third-order valence-electron chi connectivity index (χ3n) is 3.63. The number of thiazole rings is 1. The maximum atomic E-state index is 12.2. The standard InChI is InChI=1S/C19H12ClN3OS/c20-14-5-3-4-12(10-14)18(24)23-17-9-8-13(11-21-17)19-22-15-6-1-2-7-16(15)25-19/h1-11H,(H,21,23,24). The van der Waals surface area contributed by atoms with E-state index in [0.29, 0.717) is 16.4 Å². The van der Waals surface area contributed by atoms with Gasteiger partial charge in [0.2, 0.25) is 0 Å². The number of para-hydroxylation sites is 1. The van der Waals surface area contributed by atoms with E-state index in [2.05, 4.69) is 15.3 Å². The van der Waals surface area contributed by atoms with E-state index in [1.807, 2.05) is 30.3 Å². The molecule has 0 aliphatic rings. The second kappa shape index (κ2) is 6.63. The molecule has 0 aliphatic heterocycles. The van der Waals surface area contributed by atoms with Gasteiger partial charge in [-0.2, -0.15) is 0 Å². The Morgan fingerprint density at radius 1 is 1.04 bits per heavy atom. The van der Waals surface area contributed by atoms with Gasteiger partial charge in [0, 0.05) is 22.3 Å². The lowest BCUT2D eigenvalue weighted by atomic mass is 10.2. The van der Waals surface area contributed by atoms with Crippen molar-refractivity contribution in [2.24, 2.45) is 0 Å². The predicted molar refractivity (Wildman–Crippen MR) is 102 cm³/mol. The number of fused-ring (bicyclic) bond motifs is 1. The summed E-state index contributed by atoms with van der Waals surface area (Å²) < 4.78 is 1.14. The van der Waals surface area contributed by atoms with E-state index in [0.717, 1.165) is 20.8 Å². The summed E-state index contributed by atoms with van der Waals surface area (Å²) in [6, 6.07) is 18.5. The third kappa shape index (κ3) is 3.38. The molecule has 2 aromatic carbocycles. The van der Waals surface area contributed by atoms with Gasteiger partial charge in [-0.05, 0) is 42.5 Å². The van der Waals surface area contributed by atoms with Crippen molar-refractivity contribution in [3.05, 3.63) is 77.4 Å². The van der Waals surface area contributed by atoms with E-state index in [1.54, 1.807) is 47.9 Å². The molecule has 0 unspecified atom stereocenters. The van der Waals surface area contributed by atoms with E-state index in [9.17, 15) is 4.79 Å². The summed E-state index contributed by atoms with van der Waals surface area (Å²) in [6.45, 7) is 0. The Kier molecular flexibility index (Phi) is 4.17. The van der Waals surface area contributed by atoms with Gasteiger partial charge in [0.15, 0.2) is 0 Å². The Balaban J connectivity index is 1.54. The minimum Gasteiger partial charge on any atom is -0.307 e. The van der Waals surface area contributed by atoms with Gasteiger partial charge in [0.05, 0.1) is 10.2 Å². The van der Waals surface area contributed by atoms with Crippen LogP contribution in [0.25, 0.3) is 20.8 Å². The van der Waals surface area contributed by atoms with Crippen LogP contribution in [-0.4, -0.2) is 15.9 Å². The number of aromatic nitrogens is 2. The van der Waals surface area contributed by atoms with Gasteiger partial charge in [-0.25, -0.2) is 9.97 Å². The Morgan fingerprint density at radius 3 is 2.68 bits per heavy atom. The lowest BCUT2D eigenvalue weighted by Crippen LogP contribution is -2.12. The SMILES string of the molecule is O=C(Nc1ccc(-c2nc3ccccc3s2)cn1)c1cccc(Cl)c1. The fraction of sp³-hybridized carbons (Fsp3) is 0. The van der Waals surface area contributed by atoms with Crippen molar-refractivity contribution < 1.29 is 4.79 Å². The Labute approximate surface area is 153 Å². The number of nitrogens with one attached hydrogen (secondary N) is 1. The average Bonchev–Trinajstić information content (AvgIpc) is 3.06. The number of benzene rings is 2. The Bertz CT molecular complexity index is 1030. The second-order valence-corrected chi connectivity index (χ2v) is 6.85. The largest absolute Gasteiger partial charge is 0.307 e.